The highest BCUT2D eigenvalue weighted by Crippen LogP contribution is 2.21. The van der Waals surface area contributed by atoms with Gasteiger partial charge in [0.05, 0.1) is 4.92 Å². The van der Waals surface area contributed by atoms with E-state index < -0.39 is 0 Å². The molecule has 4 nitrogen and oxygen atoms in total. The third-order valence-corrected chi connectivity index (χ3v) is 2.66. The average Bonchev–Trinajstić information content (AvgIpc) is 2.18. The predicted octanol–water partition coefficient (Wildman–Crippen LogP) is 2.83. The normalized spacial score (nSPS) is 11.5. The van der Waals surface area contributed by atoms with Crippen LogP contribution in [0.5, 0.6) is 0 Å². The molecule has 0 radical (unpaired) electrons. The van der Waals surface area contributed by atoms with Gasteiger partial charge in [-0.15, -0.1) is 0 Å². The second kappa shape index (κ2) is 5.27. The molecule has 0 unspecified atom stereocenters. The standard InChI is InChI=1S/C13H20N2O2/c1-10-11(8-9-14-13(2,3)4)6-5-7-12(10)15(16)17/h5-7,14H,8-9H2,1-4H3. The van der Waals surface area contributed by atoms with E-state index in [2.05, 4.69) is 26.1 Å². The highest BCUT2D eigenvalue weighted by molar-refractivity contribution is 5.44. The first-order valence-corrected chi connectivity index (χ1v) is 5.79. The number of benzene rings is 1. The van der Waals surface area contributed by atoms with Crippen LogP contribution in [0.15, 0.2) is 18.2 Å². The summed E-state index contributed by atoms with van der Waals surface area (Å²) < 4.78 is 0. The molecule has 1 aromatic carbocycles. The Labute approximate surface area is 102 Å². The molecule has 1 N–H and O–H groups in total. The summed E-state index contributed by atoms with van der Waals surface area (Å²) >= 11 is 0. The van der Waals surface area contributed by atoms with Crippen LogP contribution in [-0.4, -0.2) is 17.0 Å². The monoisotopic (exact) mass is 236 g/mol. The molecule has 0 amide bonds. The molecule has 0 bridgehead atoms. The molecule has 1 aromatic rings. The maximum atomic E-state index is 10.8. The van der Waals surface area contributed by atoms with Gasteiger partial charge in [0.25, 0.3) is 5.69 Å². The molecule has 0 saturated heterocycles. The molecule has 4 heteroatoms. The topological polar surface area (TPSA) is 55.2 Å². The number of nitro groups is 1. The van der Waals surface area contributed by atoms with E-state index in [-0.39, 0.29) is 16.1 Å². The van der Waals surface area contributed by atoms with Crippen LogP contribution in [0.3, 0.4) is 0 Å². The van der Waals surface area contributed by atoms with Crippen molar-refractivity contribution in [2.75, 3.05) is 6.54 Å². The predicted molar refractivity (Wildman–Crippen MR) is 69.3 cm³/mol. The summed E-state index contributed by atoms with van der Waals surface area (Å²) in [5, 5.41) is 14.2. The third kappa shape index (κ3) is 4.15. The summed E-state index contributed by atoms with van der Waals surface area (Å²) in [6.07, 6.45) is 0.810. The zero-order valence-electron chi connectivity index (χ0n) is 10.9. The van der Waals surface area contributed by atoms with Gasteiger partial charge in [-0.3, -0.25) is 10.1 Å². The van der Waals surface area contributed by atoms with Gasteiger partial charge in [0, 0.05) is 17.2 Å². The van der Waals surface area contributed by atoms with Crippen molar-refractivity contribution in [2.24, 2.45) is 0 Å². The van der Waals surface area contributed by atoms with Crippen LogP contribution in [0.1, 0.15) is 31.9 Å². The first-order valence-electron chi connectivity index (χ1n) is 5.79. The summed E-state index contributed by atoms with van der Waals surface area (Å²) in [6, 6.07) is 5.25. The van der Waals surface area contributed by atoms with Crippen LogP contribution in [0, 0.1) is 17.0 Å². The lowest BCUT2D eigenvalue weighted by Gasteiger charge is -2.20. The molecule has 0 aliphatic heterocycles. The highest BCUT2D eigenvalue weighted by atomic mass is 16.6. The van der Waals surface area contributed by atoms with E-state index in [0.29, 0.717) is 0 Å². The second-order valence-electron chi connectivity index (χ2n) is 5.25. The molecule has 0 fully saturated rings. The molecule has 0 saturated carbocycles. The van der Waals surface area contributed by atoms with Crippen molar-refractivity contribution in [1.82, 2.24) is 5.32 Å². The largest absolute Gasteiger partial charge is 0.312 e. The van der Waals surface area contributed by atoms with Crippen molar-refractivity contribution in [3.05, 3.63) is 39.4 Å². The zero-order chi connectivity index (χ0) is 13.1. The second-order valence-corrected chi connectivity index (χ2v) is 5.25. The van der Waals surface area contributed by atoms with Gasteiger partial charge in [0.2, 0.25) is 0 Å². The minimum atomic E-state index is -0.323. The average molecular weight is 236 g/mol. The fourth-order valence-electron chi connectivity index (χ4n) is 1.71. The summed E-state index contributed by atoms with van der Waals surface area (Å²) in [5.41, 5.74) is 2.09. The van der Waals surface area contributed by atoms with Gasteiger partial charge in [-0.1, -0.05) is 12.1 Å². The Morgan fingerprint density at radius 2 is 2.00 bits per heavy atom. The summed E-state index contributed by atoms with van der Waals surface area (Å²) in [6.45, 7) is 8.95. The number of hydrogen-bond acceptors (Lipinski definition) is 3. The molecule has 17 heavy (non-hydrogen) atoms. The molecular weight excluding hydrogens is 216 g/mol. The minimum Gasteiger partial charge on any atom is -0.312 e. The van der Waals surface area contributed by atoms with Crippen LogP contribution >= 0.6 is 0 Å². The van der Waals surface area contributed by atoms with Gasteiger partial charge < -0.3 is 5.32 Å². The number of nitro benzene ring substituents is 1. The SMILES string of the molecule is Cc1c(CCNC(C)(C)C)cccc1[N+](=O)[O-]. The van der Waals surface area contributed by atoms with Crippen molar-refractivity contribution >= 4 is 5.69 Å². The smallest absolute Gasteiger partial charge is 0.272 e. The highest BCUT2D eigenvalue weighted by Gasteiger charge is 2.13. The van der Waals surface area contributed by atoms with E-state index in [1.165, 1.54) is 0 Å². The maximum Gasteiger partial charge on any atom is 0.272 e. The van der Waals surface area contributed by atoms with Gasteiger partial charge in [-0.2, -0.15) is 0 Å². The van der Waals surface area contributed by atoms with Crippen LogP contribution in [0.25, 0.3) is 0 Å². The molecule has 0 spiro atoms. The Morgan fingerprint density at radius 3 is 2.53 bits per heavy atom. The van der Waals surface area contributed by atoms with E-state index in [1.54, 1.807) is 12.1 Å². The van der Waals surface area contributed by atoms with Gasteiger partial charge >= 0.3 is 0 Å². The van der Waals surface area contributed by atoms with Gasteiger partial charge in [0.1, 0.15) is 0 Å². The number of nitrogens with one attached hydrogen (secondary N) is 1. The van der Waals surface area contributed by atoms with Gasteiger partial charge in [-0.05, 0) is 46.2 Å². The first kappa shape index (κ1) is 13.6. The van der Waals surface area contributed by atoms with Crippen molar-refractivity contribution < 1.29 is 4.92 Å². The zero-order valence-corrected chi connectivity index (χ0v) is 10.9. The van der Waals surface area contributed by atoms with Crippen molar-refractivity contribution in [2.45, 2.75) is 39.7 Å². The molecule has 0 aliphatic carbocycles. The lowest BCUT2D eigenvalue weighted by molar-refractivity contribution is -0.385. The maximum absolute atomic E-state index is 10.8. The van der Waals surface area contributed by atoms with Crippen molar-refractivity contribution in [3.63, 3.8) is 0 Å². The Bertz CT molecular complexity index is 408. The summed E-state index contributed by atoms with van der Waals surface area (Å²) in [4.78, 5) is 10.5. The number of hydrogen-bond donors (Lipinski definition) is 1. The van der Waals surface area contributed by atoms with Crippen LogP contribution in [0.4, 0.5) is 5.69 Å². The Hall–Kier alpha value is -1.42. The Morgan fingerprint density at radius 1 is 1.35 bits per heavy atom. The minimum absolute atomic E-state index is 0.0780. The van der Waals surface area contributed by atoms with Gasteiger partial charge in [-0.25, -0.2) is 0 Å². The first-order chi connectivity index (χ1) is 7.81. The molecule has 94 valence electrons. The summed E-state index contributed by atoms with van der Waals surface area (Å²) in [5.74, 6) is 0. The lowest BCUT2D eigenvalue weighted by Crippen LogP contribution is -2.37. The quantitative estimate of drug-likeness (QED) is 0.646. The van der Waals surface area contributed by atoms with Crippen LogP contribution in [-0.2, 0) is 6.42 Å². The van der Waals surface area contributed by atoms with E-state index in [1.807, 2.05) is 13.0 Å². The molecule has 0 atom stereocenters. The molecule has 0 heterocycles. The van der Waals surface area contributed by atoms with Crippen molar-refractivity contribution in [1.29, 1.82) is 0 Å². The molecule has 0 aromatic heterocycles. The lowest BCUT2D eigenvalue weighted by atomic mass is 10.0. The van der Waals surface area contributed by atoms with E-state index in [9.17, 15) is 10.1 Å². The fraction of sp³-hybridized carbons (Fsp3) is 0.538. The van der Waals surface area contributed by atoms with E-state index >= 15 is 0 Å². The number of nitrogens with zero attached hydrogens (tertiary/aromatic N) is 1. The Balaban J connectivity index is 2.72. The molecule has 0 aliphatic rings. The number of rotatable bonds is 4. The molecular formula is C13H20N2O2. The fourth-order valence-corrected chi connectivity index (χ4v) is 1.71. The summed E-state index contributed by atoms with van der Waals surface area (Å²) in [7, 11) is 0. The Kier molecular flexibility index (Phi) is 4.23. The van der Waals surface area contributed by atoms with E-state index in [0.717, 1.165) is 24.1 Å². The third-order valence-electron chi connectivity index (χ3n) is 2.66. The van der Waals surface area contributed by atoms with Crippen LogP contribution < -0.4 is 5.32 Å². The van der Waals surface area contributed by atoms with Crippen LogP contribution in [0.2, 0.25) is 0 Å². The van der Waals surface area contributed by atoms with Gasteiger partial charge in [0.15, 0.2) is 0 Å². The van der Waals surface area contributed by atoms with Crippen molar-refractivity contribution in [3.8, 4) is 0 Å². The van der Waals surface area contributed by atoms with E-state index in [4.69, 9.17) is 0 Å². The molecule has 1 rings (SSSR count).